The highest BCUT2D eigenvalue weighted by molar-refractivity contribution is 5.87. The van der Waals surface area contributed by atoms with Gasteiger partial charge in [0.15, 0.2) is 5.65 Å². The molecule has 0 aliphatic heterocycles. The van der Waals surface area contributed by atoms with Crippen molar-refractivity contribution < 1.29 is 35.9 Å². The molecule has 3 aromatic rings. The van der Waals surface area contributed by atoms with Gasteiger partial charge in [-0.15, -0.1) is 0 Å². The van der Waals surface area contributed by atoms with E-state index in [1.807, 2.05) is 0 Å². The van der Waals surface area contributed by atoms with E-state index in [1.54, 1.807) is 20.8 Å². The van der Waals surface area contributed by atoms with Crippen molar-refractivity contribution in [2.24, 2.45) is 0 Å². The van der Waals surface area contributed by atoms with Crippen molar-refractivity contribution in [2.45, 2.75) is 76.5 Å². The number of halogens is 6. The van der Waals surface area contributed by atoms with E-state index >= 15 is 0 Å². The van der Waals surface area contributed by atoms with Crippen LogP contribution in [0.2, 0.25) is 0 Å². The number of rotatable bonds is 4. The van der Waals surface area contributed by atoms with Crippen molar-refractivity contribution in [3.8, 4) is 5.69 Å². The number of amides is 1. The molecule has 0 bridgehead atoms. The second kappa shape index (κ2) is 9.95. The number of fused-ring (bicyclic) bond motifs is 1. The lowest BCUT2D eigenvalue weighted by Crippen LogP contribution is -2.42. The van der Waals surface area contributed by atoms with Gasteiger partial charge in [0.05, 0.1) is 28.4 Å². The third-order valence-electron chi connectivity index (χ3n) is 5.97. The molecule has 2 N–H and O–H groups in total. The molecule has 1 saturated carbocycles. The molecule has 4 rings (SSSR count). The van der Waals surface area contributed by atoms with Gasteiger partial charge in [-0.2, -0.15) is 31.4 Å². The smallest absolute Gasteiger partial charge is 0.416 e. The first kappa shape index (κ1) is 27.5. The van der Waals surface area contributed by atoms with Crippen LogP contribution in [0.4, 0.5) is 37.0 Å². The molecule has 2 heterocycles. The van der Waals surface area contributed by atoms with E-state index in [-0.39, 0.29) is 23.8 Å². The van der Waals surface area contributed by atoms with Crippen LogP contribution in [0, 0.1) is 0 Å². The molecule has 0 saturated heterocycles. The Morgan fingerprint density at radius 1 is 0.921 bits per heavy atom. The topological polar surface area (TPSA) is 94.0 Å². The molecule has 8 nitrogen and oxygen atoms in total. The van der Waals surface area contributed by atoms with Crippen molar-refractivity contribution in [1.82, 2.24) is 25.1 Å². The molecule has 0 spiro atoms. The lowest BCUT2D eigenvalue weighted by Gasteiger charge is -2.30. The lowest BCUT2D eigenvalue weighted by molar-refractivity contribution is -0.143. The number of nitrogens with zero attached hydrogens (tertiary/aromatic N) is 4. The highest BCUT2D eigenvalue weighted by atomic mass is 19.4. The van der Waals surface area contributed by atoms with E-state index in [1.165, 1.54) is 6.20 Å². The average Bonchev–Trinajstić information content (AvgIpc) is 3.23. The first-order chi connectivity index (χ1) is 17.6. The Hall–Kier alpha value is -3.58. The number of hydrogen-bond acceptors (Lipinski definition) is 6. The Bertz CT molecular complexity index is 1270. The SMILES string of the molecule is CC(C)(C)OC(=O)NC1CCC(Nc2ncnc3c2cnn3-c2cc(C(F)(F)F)cc(C(F)(F)F)c2)CC1. The van der Waals surface area contributed by atoms with Crippen LogP contribution >= 0.6 is 0 Å². The van der Waals surface area contributed by atoms with Crippen molar-refractivity contribution in [1.29, 1.82) is 0 Å². The molecule has 38 heavy (non-hydrogen) atoms. The predicted octanol–water partition coefficient (Wildman–Crippen LogP) is 6.10. The molecular formula is C24H26F6N6O2. The van der Waals surface area contributed by atoms with Crippen LogP contribution in [-0.4, -0.2) is 43.5 Å². The number of alkyl halides is 6. The number of carbonyl (C=O) groups excluding carboxylic acids is 1. The number of aromatic nitrogens is 4. The molecule has 0 atom stereocenters. The fraction of sp³-hybridized carbons (Fsp3) is 0.500. The van der Waals surface area contributed by atoms with Crippen LogP contribution in [0.25, 0.3) is 16.7 Å². The van der Waals surface area contributed by atoms with Gasteiger partial charge in [-0.1, -0.05) is 0 Å². The maximum absolute atomic E-state index is 13.3. The summed E-state index contributed by atoms with van der Waals surface area (Å²) in [5.41, 5.74) is -3.88. The summed E-state index contributed by atoms with van der Waals surface area (Å²) in [6, 6.07) is 1.16. The van der Waals surface area contributed by atoms with Crippen LogP contribution in [0.15, 0.2) is 30.7 Å². The molecule has 0 unspecified atom stereocenters. The van der Waals surface area contributed by atoms with Crippen molar-refractivity contribution in [3.63, 3.8) is 0 Å². The highest BCUT2D eigenvalue weighted by Gasteiger charge is 2.37. The molecule has 14 heteroatoms. The molecule has 2 aromatic heterocycles. The van der Waals surface area contributed by atoms with Crippen LogP contribution < -0.4 is 10.6 Å². The summed E-state index contributed by atoms with van der Waals surface area (Å²) >= 11 is 0. The summed E-state index contributed by atoms with van der Waals surface area (Å²) in [6.45, 7) is 5.33. The largest absolute Gasteiger partial charge is 0.444 e. The fourth-order valence-electron chi connectivity index (χ4n) is 4.26. The monoisotopic (exact) mass is 544 g/mol. The molecule has 206 valence electrons. The second-order valence-electron chi connectivity index (χ2n) is 10.1. The van der Waals surface area contributed by atoms with E-state index in [9.17, 15) is 31.1 Å². The summed E-state index contributed by atoms with van der Waals surface area (Å²) in [4.78, 5) is 20.3. The van der Waals surface area contributed by atoms with Crippen LogP contribution in [0.1, 0.15) is 57.6 Å². The van der Waals surface area contributed by atoms with E-state index < -0.39 is 40.9 Å². The number of alkyl carbamates (subject to hydrolysis) is 1. The van der Waals surface area contributed by atoms with Gasteiger partial charge in [0, 0.05) is 12.1 Å². The van der Waals surface area contributed by atoms with Gasteiger partial charge in [-0.05, 0) is 64.7 Å². The minimum absolute atomic E-state index is 0.0291. The average molecular weight is 544 g/mol. The van der Waals surface area contributed by atoms with Gasteiger partial charge in [-0.3, -0.25) is 0 Å². The summed E-state index contributed by atoms with van der Waals surface area (Å²) < 4.78 is 86.1. The number of anilines is 1. The maximum Gasteiger partial charge on any atom is 0.416 e. The first-order valence-electron chi connectivity index (χ1n) is 11.8. The minimum Gasteiger partial charge on any atom is -0.444 e. The molecule has 1 aliphatic rings. The number of benzene rings is 1. The quantitative estimate of drug-likeness (QED) is 0.386. The predicted molar refractivity (Wildman–Crippen MR) is 126 cm³/mol. The normalized spacial score (nSPS) is 18.9. The Labute approximate surface area is 213 Å². The van der Waals surface area contributed by atoms with Crippen molar-refractivity contribution in [3.05, 3.63) is 41.9 Å². The number of hydrogen-bond donors (Lipinski definition) is 2. The number of ether oxygens (including phenoxy) is 1. The Kier molecular flexibility index (Phi) is 7.19. The third kappa shape index (κ3) is 6.45. The van der Waals surface area contributed by atoms with Gasteiger partial charge in [0.2, 0.25) is 0 Å². The second-order valence-corrected chi connectivity index (χ2v) is 10.1. The third-order valence-corrected chi connectivity index (χ3v) is 5.97. The zero-order valence-electron chi connectivity index (χ0n) is 20.7. The Morgan fingerprint density at radius 2 is 1.50 bits per heavy atom. The van der Waals surface area contributed by atoms with E-state index in [2.05, 4.69) is 25.7 Å². The standard InChI is InChI=1S/C24H26F6N6O2/c1-22(2,3)38-21(37)35-16-6-4-15(5-7-16)34-19-18-11-33-36(20(18)32-12-31-19)17-9-13(23(25,26)27)8-14(10-17)24(28,29)30/h8-12,15-16H,4-7H2,1-3H3,(H,35,37)(H,31,32,34). The number of carbonyl (C=O) groups is 1. The Balaban J connectivity index is 1.53. The summed E-state index contributed by atoms with van der Waals surface area (Å²) in [7, 11) is 0. The Morgan fingerprint density at radius 3 is 2.05 bits per heavy atom. The molecule has 1 aromatic carbocycles. The van der Waals surface area contributed by atoms with Gasteiger partial charge in [0.1, 0.15) is 17.7 Å². The fourth-order valence-corrected chi connectivity index (χ4v) is 4.26. The van der Waals surface area contributed by atoms with E-state index in [0.717, 1.165) is 11.0 Å². The number of nitrogens with one attached hydrogen (secondary N) is 2. The molecule has 0 radical (unpaired) electrons. The highest BCUT2D eigenvalue weighted by Crippen LogP contribution is 2.37. The summed E-state index contributed by atoms with van der Waals surface area (Å²) in [6.07, 6.45) is -5.29. The molecular weight excluding hydrogens is 518 g/mol. The summed E-state index contributed by atoms with van der Waals surface area (Å²) in [5.74, 6) is 0.354. The minimum atomic E-state index is -4.99. The van der Waals surface area contributed by atoms with Gasteiger partial charge < -0.3 is 15.4 Å². The zero-order chi connectivity index (χ0) is 27.9. The maximum atomic E-state index is 13.3. The van der Waals surface area contributed by atoms with Crippen LogP contribution in [-0.2, 0) is 17.1 Å². The van der Waals surface area contributed by atoms with E-state index in [0.29, 0.717) is 49.0 Å². The lowest BCUT2D eigenvalue weighted by atomic mass is 9.91. The summed E-state index contributed by atoms with van der Waals surface area (Å²) in [5, 5.41) is 10.5. The van der Waals surface area contributed by atoms with Gasteiger partial charge in [0.25, 0.3) is 0 Å². The van der Waals surface area contributed by atoms with Crippen LogP contribution in [0.3, 0.4) is 0 Å². The van der Waals surface area contributed by atoms with Gasteiger partial charge >= 0.3 is 18.4 Å². The van der Waals surface area contributed by atoms with Crippen molar-refractivity contribution in [2.75, 3.05) is 5.32 Å². The molecule has 1 fully saturated rings. The first-order valence-corrected chi connectivity index (χ1v) is 11.8. The molecule has 1 amide bonds. The van der Waals surface area contributed by atoms with Crippen molar-refractivity contribution >= 4 is 22.9 Å². The van der Waals surface area contributed by atoms with E-state index in [4.69, 9.17) is 4.74 Å². The zero-order valence-corrected chi connectivity index (χ0v) is 20.7. The molecule has 1 aliphatic carbocycles. The van der Waals surface area contributed by atoms with Crippen LogP contribution in [0.5, 0.6) is 0 Å². The van der Waals surface area contributed by atoms with Gasteiger partial charge in [-0.25, -0.2) is 19.4 Å².